The summed E-state index contributed by atoms with van der Waals surface area (Å²) < 4.78 is 5.76. The zero-order valence-electron chi connectivity index (χ0n) is 12.2. The van der Waals surface area contributed by atoms with Gasteiger partial charge < -0.3 is 4.74 Å². The van der Waals surface area contributed by atoms with Crippen LogP contribution in [0.3, 0.4) is 0 Å². The van der Waals surface area contributed by atoms with Crippen molar-refractivity contribution in [1.29, 1.82) is 0 Å². The molecule has 0 saturated heterocycles. The predicted octanol–water partition coefficient (Wildman–Crippen LogP) is 4.98. The highest BCUT2D eigenvalue weighted by Crippen LogP contribution is 2.33. The Balaban J connectivity index is 1.86. The summed E-state index contributed by atoms with van der Waals surface area (Å²) in [5.41, 5.74) is 3.06. The molecule has 22 heavy (non-hydrogen) atoms. The number of nitrogens with one attached hydrogen (secondary N) is 1. The molecule has 108 valence electrons. The van der Waals surface area contributed by atoms with Gasteiger partial charge in [0.05, 0.1) is 12.3 Å². The fourth-order valence-corrected chi connectivity index (χ4v) is 2.25. The first-order valence-corrected chi connectivity index (χ1v) is 7.10. The van der Waals surface area contributed by atoms with Gasteiger partial charge in [-0.1, -0.05) is 37.3 Å². The van der Waals surface area contributed by atoms with E-state index in [2.05, 4.69) is 15.0 Å². The second kappa shape index (κ2) is 6.15. The van der Waals surface area contributed by atoms with Crippen molar-refractivity contribution in [1.82, 2.24) is 10.2 Å². The maximum Gasteiger partial charge on any atom is 0.234 e. The Morgan fingerprint density at radius 1 is 1.05 bits per heavy atom. The highest BCUT2D eigenvalue weighted by molar-refractivity contribution is 5.77. The minimum Gasteiger partial charge on any atom is -0.457 e. The highest BCUT2D eigenvalue weighted by Gasteiger charge is 2.13. The Kier molecular flexibility index (Phi) is 3.88. The molecule has 3 rings (SSSR count). The van der Waals surface area contributed by atoms with E-state index in [9.17, 15) is 0 Å². The molecule has 0 radical (unpaired) electrons. The van der Waals surface area contributed by atoms with Crippen LogP contribution >= 0.6 is 0 Å². The van der Waals surface area contributed by atoms with E-state index in [4.69, 9.17) is 11.3 Å². The van der Waals surface area contributed by atoms with Gasteiger partial charge in [0.1, 0.15) is 11.5 Å². The van der Waals surface area contributed by atoms with E-state index in [1.54, 1.807) is 0 Å². The number of hydrogen-bond donors (Lipinski definition) is 1. The lowest BCUT2D eigenvalue weighted by Crippen LogP contribution is -1.84. The molecule has 4 heteroatoms. The lowest BCUT2D eigenvalue weighted by Gasteiger charge is -2.06. The van der Waals surface area contributed by atoms with Crippen molar-refractivity contribution in [2.24, 2.45) is 0 Å². The molecule has 0 bridgehead atoms. The number of aromatic amines is 1. The topological polar surface area (TPSA) is 42.3 Å². The second-order valence-electron chi connectivity index (χ2n) is 4.80. The average molecular weight is 289 g/mol. The summed E-state index contributed by atoms with van der Waals surface area (Å²) >= 11 is 0. The van der Waals surface area contributed by atoms with Crippen molar-refractivity contribution in [3.63, 3.8) is 0 Å². The van der Waals surface area contributed by atoms with Gasteiger partial charge in [0.25, 0.3) is 0 Å². The first kappa shape index (κ1) is 13.9. The van der Waals surface area contributed by atoms with Gasteiger partial charge in [0, 0.05) is 5.69 Å². The van der Waals surface area contributed by atoms with Gasteiger partial charge in [-0.2, -0.15) is 5.10 Å². The maximum absolute atomic E-state index is 7.33. The van der Waals surface area contributed by atoms with Crippen molar-refractivity contribution in [2.75, 3.05) is 0 Å². The minimum atomic E-state index is 0.597. The molecule has 0 atom stereocenters. The number of rotatable bonds is 4. The quantitative estimate of drug-likeness (QED) is 0.688. The number of aryl methyl sites for hydroxylation is 1. The fraction of sp³-hybridized carbons (Fsp3) is 0.111. The SMILES string of the molecule is [C-]#[N+]c1c(-c2ccc(Oc3ccccc3)cc2)n[nH]c1CC. The Bertz CT molecular complexity index is 799. The normalized spacial score (nSPS) is 10.2. The van der Waals surface area contributed by atoms with E-state index in [0.717, 1.165) is 29.2 Å². The summed E-state index contributed by atoms with van der Waals surface area (Å²) in [7, 11) is 0. The summed E-state index contributed by atoms with van der Waals surface area (Å²) in [6, 6.07) is 17.2. The third-order valence-electron chi connectivity index (χ3n) is 3.38. The molecular formula is C18H15N3O. The molecule has 0 aliphatic carbocycles. The zero-order chi connectivity index (χ0) is 15.4. The Labute approximate surface area is 129 Å². The van der Waals surface area contributed by atoms with Crippen LogP contribution in [0.15, 0.2) is 54.6 Å². The van der Waals surface area contributed by atoms with Crippen LogP contribution in [0.1, 0.15) is 12.6 Å². The summed E-state index contributed by atoms with van der Waals surface area (Å²) in [6.45, 7) is 9.33. The largest absolute Gasteiger partial charge is 0.457 e. The third-order valence-corrected chi connectivity index (χ3v) is 3.38. The predicted molar refractivity (Wildman–Crippen MR) is 86.2 cm³/mol. The van der Waals surface area contributed by atoms with Gasteiger partial charge in [0.2, 0.25) is 5.69 Å². The van der Waals surface area contributed by atoms with Crippen molar-refractivity contribution in [2.45, 2.75) is 13.3 Å². The number of H-pyrrole nitrogens is 1. The molecule has 1 heterocycles. The van der Waals surface area contributed by atoms with E-state index in [1.165, 1.54) is 0 Å². The highest BCUT2D eigenvalue weighted by atomic mass is 16.5. The fourth-order valence-electron chi connectivity index (χ4n) is 2.25. The van der Waals surface area contributed by atoms with E-state index in [-0.39, 0.29) is 0 Å². The van der Waals surface area contributed by atoms with Gasteiger partial charge in [-0.25, -0.2) is 4.85 Å². The first-order valence-electron chi connectivity index (χ1n) is 7.10. The summed E-state index contributed by atoms with van der Waals surface area (Å²) in [5, 5.41) is 7.20. The molecule has 1 aromatic heterocycles. The van der Waals surface area contributed by atoms with E-state index >= 15 is 0 Å². The number of benzene rings is 2. The van der Waals surface area contributed by atoms with E-state index < -0.39 is 0 Å². The molecule has 2 aromatic carbocycles. The molecule has 0 spiro atoms. The van der Waals surface area contributed by atoms with Crippen LogP contribution in [0, 0.1) is 6.57 Å². The van der Waals surface area contributed by atoms with E-state index in [1.807, 2.05) is 61.5 Å². The minimum absolute atomic E-state index is 0.597. The Morgan fingerprint density at radius 3 is 2.36 bits per heavy atom. The van der Waals surface area contributed by atoms with E-state index in [0.29, 0.717) is 11.4 Å². The third kappa shape index (κ3) is 2.70. The van der Waals surface area contributed by atoms with Crippen LogP contribution in [-0.4, -0.2) is 10.2 Å². The van der Waals surface area contributed by atoms with Gasteiger partial charge in [-0.15, -0.1) is 0 Å². The number of ether oxygens (including phenoxy) is 1. The molecule has 3 aromatic rings. The van der Waals surface area contributed by atoms with Gasteiger partial charge in [0.15, 0.2) is 0 Å². The summed E-state index contributed by atoms with van der Waals surface area (Å²) in [4.78, 5) is 3.59. The van der Waals surface area contributed by atoms with Crippen LogP contribution in [0.4, 0.5) is 5.69 Å². The standard InChI is InChI=1S/C18H15N3O/c1-3-16-18(19-2)17(21-20-16)13-9-11-15(12-10-13)22-14-7-5-4-6-8-14/h4-12H,3H2,1H3,(H,20,21). The van der Waals surface area contributed by atoms with Crippen LogP contribution < -0.4 is 4.74 Å². The molecule has 0 unspecified atom stereocenters. The number of nitrogens with zero attached hydrogens (tertiary/aromatic N) is 2. The number of aromatic nitrogens is 2. The molecule has 0 fully saturated rings. The maximum atomic E-state index is 7.33. The van der Waals surface area contributed by atoms with Crippen molar-refractivity contribution >= 4 is 5.69 Å². The molecule has 0 amide bonds. The molecular weight excluding hydrogens is 274 g/mol. The molecule has 0 aliphatic rings. The van der Waals surface area contributed by atoms with Crippen molar-refractivity contribution in [3.05, 3.63) is 71.7 Å². The van der Waals surface area contributed by atoms with Crippen molar-refractivity contribution < 1.29 is 4.74 Å². The second-order valence-corrected chi connectivity index (χ2v) is 4.80. The lowest BCUT2D eigenvalue weighted by atomic mass is 10.1. The Morgan fingerprint density at radius 2 is 1.73 bits per heavy atom. The average Bonchev–Trinajstić information content (AvgIpc) is 2.99. The van der Waals surface area contributed by atoms with Crippen LogP contribution in [-0.2, 0) is 6.42 Å². The summed E-state index contributed by atoms with van der Waals surface area (Å²) in [6.07, 6.45) is 0.764. The molecule has 1 N–H and O–H groups in total. The van der Waals surface area contributed by atoms with Crippen LogP contribution in [0.5, 0.6) is 11.5 Å². The van der Waals surface area contributed by atoms with Gasteiger partial charge in [-0.3, -0.25) is 5.10 Å². The molecule has 0 saturated carbocycles. The first-order chi connectivity index (χ1) is 10.8. The van der Waals surface area contributed by atoms with Gasteiger partial charge >= 0.3 is 0 Å². The summed E-state index contributed by atoms with van der Waals surface area (Å²) in [5.74, 6) is 1.55. The van der Waals surface area contributed by atoms with Crippen LogP contribution in [0.25, 0.3) is 16.1 Å². The monoisotopic (exact) mass is 289 g/mol. The molecule has 4 nitrogen and oxygen atoms in total. The van der Waals surface area contributed by atoms with Crippen molar-refractivity contribution in [3.8, 4) is 22.8 Å². The smallest absolute Gasteiger partial charge is 0.234 e. The lowest BCUT2D eigenvalue weighted by molar-refractivity contribution is 0.483. The number of para-hydroxylation sites is 1. The zero-order valence-corrected chi connectivity index (χ0v) is 12.2. The van der Waals surface area contributed by atoms with Gasteiger partial charge in [-0.05, 0) is 36.2 Å². The Hall–Kier alpha value is -3.06. The molecule has 0 aliphatic heterocycles. The number of hydrogen-bond acceptors (Lipinski definition) is 2. The van der Waals surface area contributed by atoms with Crippen LogP contribution in [0.2, 0.25) is 0 Å².